The second kappa shape index (κ2) is 7.76. The molecule has 1 aliphatic carbocycles. The molecule has 0 aromatic heterocycles. The number of hydrogen-bond donors (Lipinski definition) is 1. The van der Waals surface area contributed by atoms with Gasteiger partial charge in [0, 0.05) is 0 Å². The fraction of sp³-hybridized carbons (Fsp3) is 0.600. The van der Waals surface area contributed by atoms with Crippen LogP contribution in [0.15, 0.2) is 5.57 Å². The number of carbonyl (C=O) groups excluding carboxylic acids is 1. The normalized spacial score (nSPS) is 15.1. The van der Waals surface area contributed by atoms with Gasteiger partial charge in [-0.2, -0.15) is 5.57 Å². The third-order valence-corrected chi connectivity index (χ3v) is 1.97. The summed E-state index contributed by atoms with van der Waals surface area (Å²) in [7, 11) is 0. The Morgan fingerprint density at radius 1 is 1.57 bits per heavy atom. The zero-order valence-corrected chi connectivity index (χ0v) is 12.0. The van der Waals surface area contributed by atoms with Gasteiger partial charge in [-0.1, -0.05) is 19.3 Å². The van der Waals surface area contributed by atoms with E-state index in [0.717, 1.165) is 31.3 Å². The molecule has 0 radical (unpaired) electrons. The molecule has 14 heavy (non-hydrogen) atoms. The van der Waals surface area contributed by atoms with Crippen LogP contribution in [-0.2, 0) is 9.53 Å². The largest absolute Gasteiger partial charge is 1.00 e. The minimum Gasteiger partial charge on any atom is -0.475 e. The number of allylic oxidation sites excluding steroid dienone is 1. The molecule has 0 aliphatic heterocycles. The molecule has 3 nitrogen and oxygen atoms in total. The molecule has 0 aromatic carbocycles. The molecule has 0 amide bonds. The molecule has 0 unspecified atom stereocenters. The Balaban J connectivity index is 0.00000169. The molecule has 0 atom stereocenters. The van der Waals surface area contributed by atoms with E-state index in [-0.39, 0.29) is 57.1 Å². The van der Waals surface area contributed by atoms with Gasteiger partial charge in [-0.15, -0.1) is 6.42 Å². The van der Waals surface area contributed by atoms with Crippen molar-refractivity contribution in [3.63, 3.8) is 0 Å². The minimum absolute atomic E-state index is 0. The standard InChI is InChI=1S/C10H14NO2.K/c1-2-13-10(12)9(11)8-6-4-3-5-7-8;/h11H,2-6H2,1H3;/q-1;+1. The van der Waals surface area contributed by atoms with Gasteiger partial charge >= 0.3 is 51.4 Å². The second-order valence-corrected chi connectivity index (χ2v) is 2.96. The number of ether oxygens (including phenoxy) is 1. The number of hydrogen-bond acceptors (Lipinski definition) is 3. The molecule has 0 heterocycles. The molecule has 0 fully saturated rings. The Hall–Kier alpha value is 0.516. The molecule has 1 aliphatic rings. The summed E-state index contributed by atoms with van der Waals surface area (Å²) in [5, 5.41) is 7.52. The van der Waals surface area contributed by atoms with Gasteiger partial charge in [-0.05, 0) is 12.6 Å². The van der Waals surface area contributed by atoms with E-state index in [2.05, 4.69) is 6.08 Å². The van der Waals surface area contributed by atoms with E-state index in [0.29, 0.717) is 6.61 Å². The average molecular weight is 219 g/mol. The molecular formula is C10H14KNO2. The van der Waals surface area contributed by atoms with Crippen molar-refractivity contribution >= 4 is 11.7 Å². The summed E-state index contributed by atoms with van der Waals surface area (Å²) in [5.41, 5.74) is 0.714. The fourth-order valence-corrected chi connectivity index (χ4v) is 1.29. The smallest absolute Gasteiger partial charge is 0.475 e. The van der Waals surface area contributed by atoms with E-state index in [9.17, 15) is 4.79 Å². The van der Waals surface area contributed by atoms with Crippen molar-refractivity contribution < 1.29 is 60.9 Å². The van der Waals surface area contributed by atoms with Crippen molar-refractivity contribution in [2.75, 3.05) is 6.61 Å². The summed E-state index contributed by atoms with van der Waals surface area (Å²) < 4.78 is 4.73. The molecule has 0 bridgehead atoms. The minimum atomic E-state index is -0.521. The summed E-state index contributed by atoms with van der Waals surface area (Å²) in [5.74, 6) is -0.521. The Kier molecular flexibility index (Phi) is 8.05. The number of carbonyl (C=O) groups is 1. The zero-order valence-electron chi connectivity index (χ0n) is 8.85. The third kappa shape index (κ3) is 4.36. The molecular weight excluding hydrogens is 205 g/mol. The first-order chi connectivity index (χ1) is 6.25. The van der Waals surface area contributed by atoms with E-state index in [1.807, 2.05) is 0 Å². The van der Waals surface area contributed by atoms with E-state index in [4.69, 9.17) is 10.1 Å². The van der Waals surface area contributed by atoms with Crippen LogP contribution in [0, 0.1) is 11.5 Å². The molecule has 0 aromatic rings. The van der Waals surface area contributed by atoms with Crippen molar-refractivity contribution in [2.24, 2.45) is 0 Å². The maximum Gasteiger partial charge on any atom is 1.00 e. The van der Waals surface area contributed by atoms with Crippen LogP contribution in [0.25, 0.3) is 0 Å². The van der Waals surface area contributed by atoms with Crippen LogP contribution in [0.4, 0.5) is 0 Å². The van der Waals surface area contributed by atoms with Gasteiger partial charge in [-0.25, -0.2) is 0 Å². The van der Waals surface area contributed by atoms with Gasteiger partial charge in [0.2, 0.25) is 0 Å². The van der Waals surface area contributed by atoms with Crippen molar-refractivity contribution in [3.8, 4) is 0 Å². The van der Waals surface area contributed by atoms with E-state index < -0.39 is 5.97 Å². The molecule has 72 valence electrons. The Labute approximate surface area is 127 Å². The van der Waals surface area contributed by atoms with Gasteiger partial charge < -0.3 is 10.1 Å². The SMILES string of the molecule is CCOC(=O)C(=N)C1=[C-]CCCC1.[K+]. The van der Waals surface area contributed by atoms with Crippen LogP contribution in [0.2, 0.25) is 0 Å². The van der Waals surface area contributed by atoms with Crippen LogP contribution in [0.5, 0.6) is 0 Å². The number of rotatable bonds is 3. The Morgan fingerprint density at radius 2 is 2.29 bits per heavy atom. The Bertz CT molecular complexity index is 249. The van der Waals surface area contributed by atoms with Crippen LogP contribution in [0.3, 0.4) is 0 Å². The number of esters is 1. The van der Waals surface area contributed by atoms with Gasteiger partial charge in [0.15, 0.2) is 0 Å². The summed E-state index contributed by atoms with van der Waals surface area (Å²) in [4.78, 5) is 11.1. The van der Waals surface area contributed by atoms with Gasteiger partial charge in [-0.3, -0.25) is 10.9 Å². The first-order valence-electron chi connectivity index (χ1n) is 4.61. The van der Waals surface area contributed by atoms with Crippen LogP contribution < -0.4 is 51.4 Å². The second-order valence-electron chi connectivity index (χ2n) is 2.96. The van der Waals surface area contributed by atoms with Crippen molar-refractivity contribution in [1.29, 1.82) is 5.41 Å². The first kappa shape index (κ1) is 14.5. The summed E-state index contributed by atoms with van der Waals surface area (Å²) in [6.45, 7) is 2.07. The molecule has 4 heteroatoms. The van der Waals surface area contributed by atoms with Crippen LogP contribution in [0.1, 0.15) is 32.6 Å². The van der Waals surface area contributed by atoms with Crippen LogP contribution >= 0.6 is 0 Å². The predicted molar refractivity (Wildman–Crippen MR) is 49.6 cm³/mol. The van der Waals surface area contributed by atoms with E-state index in [1.54, 1.807) is 6.92 Å². The molecule has 0 spiro atoms. The monoisotopic (exact) mass is 219 g/mol. The fourth-order valence-electron chi connectivity index (χ4n) is 1.29. The molecule has 0 saturated heterocycles. The topological polar surface area (TPSA) is 50.2 Å². The van der Waals surface area contributed by atoms with Gasteiger partial charge in [0.1, 0.15) is 0 Å². The maximum absolute atomic E-state index is 11.1. The van der Waals surface area contributed by atoms with Crippen molar-refractivity contribution in [2.45, 2.75) is 32.6 Å². The van der Waals surface area contributed by atoms with E-state index >= 15 is 0 Å². The zero-order chi connectivity index (χ0) is 9.68. The quantitative estimate of drug-likeness (QED) is 0.283. The first-order valence-corrected chi connectivity index (χ1v) is 4.61. The van der Waals surface area contributed by atoms with Crippen LogP contribution in [-0.4, -0.2) is 18.3 Å². The molecule has 0 saturated carbocycles. The maximum atomic E-state index is 11.1. The van der Waals surface area contributed by atoms with Crippen molar-refractivity contribution in [1.82, 2.24) is 0 Å². The van der Waals surface area contributed by atoms with Crippen molar-refractivity contribution in [3.05, 3.63) is 11.6 Å². The summed E-state index contributed by atoms with van der Waals surface area (Å²) in [6.07, 6.45) is 6.85. The summed E-state index contributed by atoms with van der Waals surface area (Å²) in [6, 6.07) is 0. The predicted octanol–water partition coefficient (Wildman–Crippen LogP) is -1.12. The van der Waals surface area contributed by atoms with E-state index in [1.165, 1.54) is 0 Å². The Morgan fingerprint density at radius 3 is 2.79 bits per heavy atom. The summed E-state index contributed by atoms with van der Waals surface area (Å²) >= 11 is 0. The number of nitrogens with one attached hydrogen (secondary N) is 1. The van der Waals surface area contributed by atoms with Gasteiger partial charge in [0.25, 0.3) is 5.97 Å². The molecule has 1 N–H and O–H groups in total. The van der Waals surface area contributed by atoms with Gasteiger partial charge in [0.05, 0.1) is 6.61 Å². The molecule has 1 rings (SSSR count). The average Bonchev–Trinajstić information content (AvgIpc) is 2.18. The third-order valence-electron chi connectivity index (χ3n) is 1.97.